The fourth-order valence-electron chi connectivity index (χ4n) is 1.90. The van der Waals surface area contributed by atoms with Crippen molar-refractivity contribution in [2.45, 2.75) is 20.4 Å². The summed E-state index contributed by atoms with van der Waals surface area (Å²) in [5.41, 5.74) is 2.58. The zero-order valence-electron chi connectivity index (χ0n) is 11.3. The average molecular weight is 254 g/mol. The first-order chi connectivity index (χ1) is 9.20. The van der Waals surface area contributed by atoms with Crippen LogP contribution in [0.15, 0.2) is 36.7 Å². The highest BCUT2D eigenvalue weighted by Gasteiger charge is 2.06. The van der Waals surface area contributed by atoms with Gasteiger partial charge in [0.2, 0.25) is 0 Å². The van der Waals surface area contributed by atoms with E-state index in [1.165, 1.54) is 0 Å². The highest BCUT2D eigenvalue weighted by molar-refractivity contribution is 5.50. The lowest BCUT2D eigenvalue weighted by Crippen LogP contribution is -2.19. The van der Waals surface area contributed by atoms with Gasteiger partial charge in [-0.2, -0.15) is 10.4 Å². The Bertz CT molecular complexity index is 564. The maximum Gasteiger partial charge on any atom is 0.101 e. The molecule has 4 heteroatoms. The molecule has 0 amide bonds. The van der Waals surface area contributed by atoms with Gasteiger partial charge in [0.25, 0.3) is 0 Å². The van der Waals surface area contributed by atoms with Crippen LogP contribution in [0.3, 0.4) is 0 Å². The van der Waals surface area contributed by atoms with Gasteiger partial charge in [-0.1, -0.05) is 19.9 Å². The van der Waals surface area contributed by atoms with Gasteiger partial charge in [-0.15, -0.1) is 0 Å². The average Bonchev–Trinajstić information content (AvgIpc) is 2.92. The molecule has 0 radical (unpaired) electrons. The minimum atomic E-state index is 0.624. The van der Waals surface area contributed by atoms with Crippen LogP contribution in [0.1, 0.15) is 25.0 Å². The molecule has 0 bridgehead atoms. The lowest BCUT2D eigenvalue weighted by Gasteiger charge is -2.09. The van der Waals surface area contributed by atoms with Crippen molar-refractivity contribution in [2.75, 3.05) is 6.54 Å². The molecule has 0 aliphatic carbocycles. The van der Waals surface area contributed by atoms with Gasteiger partial charge in [-0.25, -0.2) is 4.68 Å². The molecule has 19 heavy (non-hydrogen) atoms. The van der Waals surface area contributed by atoms with Gasteiger partial charge in [0.1, 0.15) is 6.07 Å². The fraction of sp³-hybridized carbons (Fsp3) is 0.333. The molecule has 1 N–H and O–H groups in total. The van der Waals surface area contributed by atoms with E-state index in [-0.39, 0.29) is 0 Å². The van der Waals surface area contributed by atoms with E-state index in [0.717, 1.165) is 24.3 Å². The first kappa shape index (κ1) is 13.3. The van der Waals surface area contributed by atoms with Gasteiger partial charge >= 0.3 is 0 Å². The summed E-state index contributed by atoms with van der Waals surface area (Å²) in [5.74, 6) is 0.624. The molecule has 0 spiro atoms. The quantitative estimate of drug-likeness (QED) is 0.892. The summed E-state index contributed by atoms with van der Waals surface area (Å²) in [4.78, 5) is 0. The number of benzene rings is 1. The van der Waals surface area contributed by atoms with Gasteiger partial charge in [-0.05, 0) is 36.2 Å². The molecule has 98 valence electrons. The van der Waals surface area contributed by atoms with Crippen molar-refractivity contribution >= 4 is 0 Å². The van der Waals surface area contributed by atoms with Gasteiger partial charge in [0.05, 0.1) is 11.3 Å². The van der Waals surface area contributed by atoms with Crippen LogP contribution in [0.5, 0.6) is 0 Å². The van der Waals surface area contributed by atoms with E-state index in [4.69, 9.17) is 0 Å². The number of nitrogens with zero attached hydrogens (tertiary/aromatic N) is 3. The number of aromatic nitrogens is 2. The first-order valence-electron chi connectivity index (χ1n) is 6.44. The lowest BCUT2D eigenvalue weighted by molar-refractivity contribution is 0.552. The monoisotopic (exact) mass is 254 g/mol. The molecule has 0 fully saturated rings. The molecule has 1 heterocycles. The van der Waals surface area contributed by atoms with Crippen LogP contribution in [0.2, 0.25) is 0 Å². The van der Waals surface area contributed by atoms with Crippen LogP contribution in [0, 0.1) is 17.2 Å². The third kappa shape index (κ3) is 3.43. The van der Waals surface area contributed by atoms with E-state index in [0.29, 0.717) is 11.5 Å². The molecule has 4 nitrogen and oxygen atoms in total. The molecule has 0 atom stereocenters. The van der Waals surface area contributed by atoms with Crippen molar-refractivity contribution in [3.63, 3.8) is 0 Å². The summed E-state index contributed by atoms with van der Waals surface area (Å²) in [7, 11) is 0. The van der Waals surface area contributed by atoms with Crippen molar-refractivity contribution in [3.8, 4) is 11.8 Å². The van der Waals surface area contributed by atoms with Crippen molar-refractivity contribution < 1.29 is 0 Å². The second kappa shape index (κ2) is 6.17. The fourth-order valence-corrected chi connectivity index (χ4v) is 1.90. The molecule has 1 aromatic carbocycles. The summed E-state index contributed by atoms with van der Waals surface area (Å²) < 4.78 is 1.71. The number of nitriles is 1. The Morgan fingerprint density at radius 2 is 2.26 bits per heavy atom. The topological polar surface area (TPSA) is 53.6 Å². The number of rotatable bonds is 5. The van der Waals surface area contributed by atoms with E-state index in [2.05, 4.69) is 30.3 Å². The number of nitrogens with one attached hydrogen (secondary N) is 1. The summed E-state index contributed by atoms with van der Waals surface area (Å²) in [6, 6.07) is 9.98. The van der Waals surface area contributed by atoms with Crippen molar-refractivity contribution in [3.05, 3.63) is 47.8 Å². The lowest BCUT2D eigenvalue weighted by atomic mass is 10.1. The first-order valence-corrected chi connectivity index (χ1v) is 6.44. The SMILES string of the molecule is CC(C)CNCc1ccc(-n2cccn2)c(C#N)c1. The van der Waals surface area contributed by atoms with Gasteiger partial charge in [-0.3, -0.25) is 0 Å². The van der Waals surface area contributed by atoms with E-state index in [9.17, 15) is 5.26 Å². The van der Waals surface area contributed by atoms with Crippen molar-refractivity contribution in [1.82, 2.24) is 15.1 Å². The number of hydrogen-bond acceptors (Lipinski definition) is 3. The third-order valence-corrected chi connectivity index (χ3v) is 2.81. The summed E-state index contributed by atoms with van der Waals surface area (Å²) in [5, 5.41) is 16.8. The minimum absolute atomic E-state index is 0.624. The van der Waals surface area contributed by atoms with Crippen LogP contribution in [0.4, 0.5) is 0 Å². The van der Waals surface area contributed by atoms with Crippen LogP contribution < -0.4 is 5.32 Å². The van der Waals surface area contributed by atoms with E-state index in [1.54, 1.807) is 10.9 Å². The molecule has 0 saturated carbocycles. The molecular formula is C15H18N4. The molecule has 2 rings (SSSR count). The normalized spacial score (nSPS) is 10.6. The molecule has 0 saturated heterocycles. The van der Waals surface area contributed by atoms with Gasteiger partial charge < -0.3 is 5.32 Å². The van der Waals surface area contributed by atoms with Gasteiger partial charge in [0.15, 0.2) is 0 Å². The van der Waals surface area contributed by atoms with Crippen LogP contribution in [0.25, 0.3) is 5.69 Å². The maximum atomic E-state index is 9.24. The Hall–Kier alpha value is -2.12. The molecule has 0 unspecified atom stereocenters. The molecule has 0 aliphatic heterocycles. The largest absolute Gasteiger partial charge is 0.312 e. The van der Waals surface area contributed by atoms with E-state index < -0.39 is 0 Å². The molecule has 1 aromatic heterocycles. The van der Waals surface area contributed by atoms with E-state index >= 15 is 0 Å². The molecule has 0 aliphatic rings. The predicted molar refractivity (Wildman–Crippen MR) is 74.8 cm³/mol. The smallest absolute Gasteiger partial charge is 0.101 e. The minimum Gasteiger partial charge on any atom is -0.312 e. The Morgan fingerprint density at radius 1 is 1.42 bits per heavy atom. The maximum absolute atomic E-state index is 9.24. The Labute approximate surface area is 113 Å². The summed E-state index contributed by atoms with van der Waals surface area (Å²) in [6.45, 7) is 6.11. The Balaban J connectivity index is 2.15. The van der Waals surface area contributed by atoms with Crippen LogP contribution in [-0.2, 0) is 6.54 Å². The molecular weight excluding hydrogens is 236 g/mol. The zero-order valence-corrected chi connectivity index (χ0v) is 11.3. The zero-order chi connectivity index (χ0) is 13.7. The van der Waals surface area contributed by atoms with Crippen molar-refractivity contribution in [2.24, 2.45) is 5.92 Å². The Morgan fingerprint density at radius 3 is 2.89 bits per heavy atom. The third-order valence-electron chi connectivity index (χ3n) is 2.81. The standard InChI is InChI=1S/C15H18N4/c1-12(2)10-17-11-13-4-5-15(14(8-13)9-16)19-7-3-6-18-19/h3-8,12,17H,10-11H2,1-2H3. The van der Waals surface area contributed by atoms with Gasteiger partial charge in [0, 0.05) is 18.9 Å². The summed E-state index contributed by atoms with van der Waals surface area (Å²) in [6.07, 6.45) is 3.55. The second-order valence-electron chi connectivity index (χ2n) is 4.94. The second-order valence-corrected chi connectivity index (χ2v) is 4.94. The predicted octanol–water partition coefficient (Wildman–Crippen LogP) is 2.49. The highest BCUT2D eigenvalue weighted by Crippen LogP contribution is 2.15. The van der Waals surface area contributed by atoms with Crippen LogP contribution in [-0.4, -0.2) is 16.3 Å². The molecule has 2 aromatic rings. The van der Waals surface area contributed by atoms with E-state index in [1.807, 2.05) is 30.5 Å². The summed E-state index contributed by atoms with van der Waals surface area (Å²) >= 11 is 0. The highest BCUT2D eigenvalue weighted by atomic mass is 15.3. The Kier molecular flexibility index (Phi) is 4.32. The van der Waals surface area contributed by atoms with Crippen LogP contribution >= 0.6 is 0 Å². The van der Waals surface area contributed by atoms with Crippen molar-refractivity contribution in [1.29, 1.82) is 5.26 Å². The number of hydrogen-bond donors (Lipinski definition) is 1.